The second kappa shape index (κ2) is 15.1. The molecule has 0 bridgehead atoms. The number of fused-ring (bicyclic) bond motifs is 4. The number of pyridine rings is 1. The van der Waals surface area contributed by atoms with E-state index in [1.807, 2.05) is 60.8 Å². The first-order valence-electron chi connectivity index (χ1n) is 17.7. The Morgan fingerprint density at radius 1 is 0.660 bits per heavy atom. The van der Waals surface area contributed by atoms with E-state index in [-0.39, 0.29) is 20.1 Å². The Morgan fingerprint density at radius 2 is 1.38 bits per heavy atom. The van der Waals surface area contributed by atoms with Crippen LogP contribution in [0.15, 0.2) is 150 Å². The molecule has 4 nitrogen and oxygen atoms in total. The number of benzene rings is 6. The molecular formula is C47H39GeIrN3O-2. The molecule has 6 heteroatoms. The van der Waals surface area contributed by atoms with E-state index in [1.165, 1.54) is 26.6 Å². The molecule has 3 heterocycles. The number of imidazole rings is 1. The average molecular weight is 927 g/mol. The summed E-state index contributed by atoms with van der Waals surface area (Å²) in [6.07, 6.45) is 2.04. The van der Waals surface area contributed by atoms with Crippen molar-refractivity contribution in [3.05, 3.63) is 169 Å². The molecule has 0 saturated heterocycles. The van der Waals surface area contributed by atoms with E-state index in [0.29, 0.717) is 0 Å². The molecule has 0 N–H and O–H groups in total. The molecule has 0 unspecified atom stereocenters. The summed E-state index contributed by atoms with van der Waals surface area (Å²) in [5, 5.41) is 2.18. The predicted octanol–water partition coefficient (Wildman–Crippen LogP) is 11.8. The van der Waals surface area contributed by atoms with E-state index in [1.54, 1.807) is 0 Å². The van der Waals surface area contributed by atoms with Gasteiger partial charge in [-0.3, -0.25) is 4.98 Å². The molecule has 3 aromatic heterocycles. The topological polar surface area (TPSA) is 43.9 Å². The quantitative estimate of drug-likeness (QED) is 0.128. The molecule has 0 fully saturated rings. The molecule has 0 saturated carbocycles. The zero-order valence-corrected chi connectivity index (χ0v) is 34.9. The van der Waals surface area contributed by atoms with Crippen molar-refractivity contribution in [2.24, 2.45) is 0 Å². The molecule has 6 aromatic carbocycles. The van der Waals surface area contributed by atoms with Crippen molar-refractivity contribution < 1.29 is 24.5 Å². The van der Waals surface area contributed by atoms with Gasteiger partial charge in [-0.25, -0.2) is 0 Å². The van der Waals surface area contributed by atoms with Gasteiger partial charge >= 0.3 is 99.8 Å². The summed E-state index contributed by atoms with van der Waals surface area (Å²) in [6, 6.07) is 54.5. The van der Waals surface area contributed by atoms with Crippen molar-refractivity contribution in [2.45, 2.75) is 31.1 Å². The molecule has 0 amide bonds. The maximum Gasteiger partial charge on any atom is 0 e. The van der Waals surface area contributed by atoms with Crippen LogP contribution in [0.5, 0.6) is 0 Å². The van der Waals surface area contributed by atoms with Crippen molar-refractivity contribution in [3.8, 4) is 39.5 Å². The first kappa shape index (κ1) is 36.3. The standard InChI is InChI=1S/C33H23N2O.C14H16GeN.Ir/c1-21-19-24(23-11-4-3-5-12-23)20-22(2)31(21)35-29-17-8-7-16-28(29)34-33(35)27-15-10-14-26-25-13-6-9-18-30(25)36-32(26)27;1-15(2,3)13-9-10-14(16-11-13)12-7-5-4-6-8-12;/h3-14,16-20H,1-2H3;4-7,9-11H,1-3H3;/q2*-1;. The molecule has 263 valence electrons. The first-order valence-corrected chi connectivity index (χ1v) is 25.0. The normalized spacial score (nSPS) is 11.3. The minimum Gasteiger partial charge on any atom is 0 e. The molecule has 0 aliphatic rings. The van der Waals surface area contributed by atoms with Crippen LogP contribution in [0.25, 0.3) is 72.4 Å². The van der Waals surface area contributed by atoms with Gasteiger partial charge in [-0.2, -0.15) is 0 Å². The van der Waals surface area contributed by atoms with Gasteiger partial charge in [-0.05, 0) is 66.4 Å². The van der Waals surface area contributed by atoms with Crippen LogP contribution >= 0.6 is 0 Å². The van der Waals surface area contributed by atoms with Gasteiger partial charge in [0.25, 0.3) is 0 Å². The number of nitrogens with zero attached hydrogens (tertiary/aromatic N) is 3. The van der Waals surface area contributed by atoms with E-state index >= 15 is 0 Å². The number of rotatable bonds is 5. The van der Waals surface area contributed by atoms with Gasteiger partial charge in [0.2, 0.25) is 0 Å². The van der Waals surface area contributed by atoms with Gasteiger partial charge in [0.15, 0.2) is 0 Å². The summed E-state index contributed by atoms with van der Waals surface area (Å²) in [7, 11) is 0. The fraction of sp³-hybridized carbons (Fsp3) is 0.106. The largest absolute Gasteiger partial charge is 0 e. The number of furan rings is 1. The van der Waals surface area contributed by atoms with E-state index in [9.17, 15) is 0 Å². The third-order valence-corrected chi connectivity index (χ3v) is 13.8. The van der Waals surface area contributed by atoms with E-state index in [4.69, 9.17) is 9.40 Å². The fourth-order valence-corrected chi connectivity index (χ4v) is 9.10. The first-order chi connectivity index (χ1) is 25.3. The van der Waals surface area contributed by atoms with Crippen LogP contribution in [0.1, 0.15) is 11.1 Å². The van der Waals surface area contributed by atoms with Crippen molar-refractivity contribution in [1.29, 1.82) is 0 Å². The summed E-state index contributed by atoms with van der Waals surface area (Å²) >= 11 is -1.72. The van der Waals surface area contributed by atoms with Gasteiger partial charge in [0.1, 0.15) is 5.58 Å². The number of hydrogen-bond acceptors (Lipinski definition) is 3. The van der Waals surface area contributed by atoms with Crippen LogP contribution < -0.4 is 4.40 Å². The van der Waals surface area contributed by atoms with Gasteiger partial charge in [0, 0.05) is 31.2 Å². The van der Waals surface area contributed by atoms with Crippen molar-refractivity contribution in [3.63, 3.8) is 0 Å². The molecule has 9 aromatic rings. The van der Waals surface area contributed by atoms with Crippen LogP contribution in [0.4, 0.5) is 0 Å². The van der Waals surface area contributed by atoms with E-state index in [0.717, 1.165) is 61.3 Å². The summed E-state index contributed by atoms with van der Waals surface area (Å²) in [6.45, 7) is 4.36. The predicted molar refractivity (Wildman–Crippen MR) is 219 cm³/mol. The minimum atomic E-state index is -1.72. The molecule has 1 radical (unpaired) electrons. The maximum atomic E-state index is 6.38. The fourth-order valence-electron chi connectivity index (χ4n) is 6.93. The summed E-state index contributed by atoms with van der Waals surface area (Å²) in [4.78, 5) is 9.65. The number of aromatic nitrogens is 3. The monoisotopic (exact) mass is 928 g/mol. The molecule has 0 aliphatic carbocycles. The third kappa shape index (κ3) is 7.17. The Balaban J connectivity index is 0.000000216. The number of aryl methyl sites for hydroxylation is 2. The van der Waals surface area contributed by atoms with Crippen molar-refractivity contribution in [2.75, 3.05) is 0 Å². The minimum absolute atomic E-state index is 0. The average Bonchev–Trinajstić information content (AvgIpc) is 3.74. The Bertz CT molecular complexity index is 2650. The SMILES string of the molecule is Cc1cc(-c2ccccc2)cc(C)c1-n1c(-c2[c-]ccc3c2oc2ccccc23)nc2ccccc21.[CH3][Ge]([CH3])([CH3])[c]1ccc(-c2[c-]cccc2)nc1.[Ir]. The van der Waals surface area contributed by atoms with E-state index < -0.39 is 13.3 Å². The van der Waals surface area contributed by atoms with Crippen LogP contribution in [-0.2, 0) is 20.1 Å². The number of para-hydroxylation sites is 3. The molecule has 53 heavy (non-hydrogen) atoms. The summed E-state index contributed by atoms with van der Waals surface area (Å²) in [5.74, 6) is 7.97. The summed E-state index contributed by atoms with van der Waals surface area (Å²) < 4.78 is 10.1. The van der Waals surface area contributed by atoms with Gasteiger partial charge in [-0.15, -0.1) is 18.2 Å². The Labute approximate surface area is 327 Å². The Morgan fingerprint density at radius 3 is 2.09 bits per heavy atom. The van der Waals surface area contributed by atoms with Gasteiger partial charge in [-0.1, -0.05) is 71.6 Å². The molecule has 0 atom stereocenters. The Kier molecular flexibility index (Phi) is 10.4. The second-order valence-electron chi connectivity index (χ2n) is 14.2. The van der Waals surface area contributed by atoms with Gasteiger partial charge < -0.3 is 8.98 Å². The second-order valence-corrected chi connectivity index (χ2v) is 24.9. The third-order valence-electron chi connectivity index (χ3n) is 9.56. The maximum absolute atomic E-state index is 6.38. The van der Waals surface area contributed by atoms with Crippen LogP contribution in [0.3, 0.4) is 0 Å². The summed E-state index contributed by atoms with van der Waals surface area (Å²) in [5.41, 5.74) is 12.6. The van der Waals surface area contributed by atoms with Crippen LogP contribution in [-0.4, -0.2) is 27.8 Å². The number of hydrogen-bond donors (Lipinski definition) is 0. The molecule has 0 aliphatic heterocycles. The van der Waals surface area contributed by atoms with Crippen molar-refractivity contribution in [1.82, 2.24) is 14.5 Å². The van der Waals surface area contributed by atoms with Crippen LogP contribution in [0, 0.1) is 26.0 Å². The Hall–Kier alpha value is -5.07. The molecular weight excluding hydrogens is 887 g/mol. The van der Waals surface area contributed by atoms with Crippen molar-refractivity contribution >= 4 is 50.6 Å². The molecule has 0 spiro atoms. The molecule has 9 rings (SSSR count). The smallest absolute Gasteiger partial charge is 0 e. The zero-order valence-electron chi connectivity index (χ0n) is 30.4. The zero-order chi connectivity index (χ0) is 35.8. The van der Waals surface area contributed by atoms with E-state index in [2.05, 4.69) is 138 Å². The van der Waals surface area contributed by atoms with Crippen LogP contribution in [0.2, 0.25) is 17.3 Å². The van der Waals surface area contributed by atoms with Gasteiger partial charge in [0.05, 0.1) is 22.4 Å².